The summed E-state index contributed by atoms with van der Waals surface area (Å²) in [5.41, 5.74) is 0. The normalized spacial score (nSPS) is 18.9. The van der Waals surface area contributed by atoms with Crippen molar-refractivity contribution >= 4 is 11.9 Å². The number of aliphatic hydroxyl groups is 5. The molecule has 8 unspecified atom stereocenters. The fourth-order valence-electron chi connectivity index (χ4n) is 10.8. The zero-order chi connectivity index (χ0) is 58.9. The molecule has 11 nitrogen and oxygen atoms in total. The van der Waals surface area contributed by atoms with E-state index in [1.165, 1.54) is 199 Å². The number of ether oxygens (including phenoxy) is 3. The molecule has 1 fully saturated rings. The Morgan fingerprint density at radius 2 is 0.852 bits per heavy atom. The second-order valence-electron chi connectivity index (χ2n) is 23.9. The maximum atomic E-state index is 13.4. The van der Waals surface area contributed by atoms with Crippen LogP contribution in [-0.2, 0) is 23.8 Å². The molecule has 0 bridgehead atoms. The number of amides is 1. The maximum Gasteiger partial charge on any atom is 0.306 e. The molecule has 1 aliphatic rings. The van der Waals surface area contributed by atoms with Gasteiger partial charge in [0.05, 0.1) is 25.4 Å². The Balaban J connectivity index is 2.52. The van der Waals surface area contributed by atoms with E-state index < -0.39 is 67.4 Å². The lowest BCUT2D eigenvalue weighted by Crippen LogP contribution is -2.61. The van der Waals surface area contributed by atoms with Crippen molar-refractivity contribution < 1.29 is 49.3 Å². The Kier molecular flexibility index (Phi) is 54.9. The number of aliphatic hydroxyl groups excluding tert-OH is 5. The summed E-state index contributed by atoms with van der Waals surface area (Å²) in [7, 11) is 0. The lowest BCUT2D eigenvalue weighted by atomic mass is 9.99. The van der Waals surface area contributed by atoms with Gasteiger partial charge in [0.15, 0.2) is 12.4 Å². The molecule has 11 heteroatoms. The zero-order valence-corrected chi connectivity index (χ0v) is 52.7. The molecule has 0 aromatic carbocycles. The third kappa shape index (κ3) is 45.6. The average molecular weight is 1140 g/mol. The smallest absolute Gasteiger partial charge is 0.306 e. The fraction of sp³-hybridized carbons (Fsp3) is 0.857. The van der Waals surface area contributed by atoms with E-state index in [1.54, 1.807) is 6.08 Å². The molecule has 1 aliphatic heterocycles. The van der Waals surface area contributed by atoms with Gasteiger partial charge in [0.1, 0.15) is 24.4 Å². The monoisotopic (exact) mass is 1140 g/mol. The van der Waals surface area contributed by atoms with Crippen molar-refractivity contribution in [2.45, 2.75) is 372 Å². The molecule has 0 aliphatic carbocycles. The van der Waals surface area contributed by atoms with E-state index in [1.807, 2.05) is 6.08 Å². The van der Waals surface area contributed by atoms with Crippen LogP contribution in [0.1, 0.15) is 323 Å². The van der Waals surface area contributed by atoms with Gasteiger partial charge in [-0.1, -0.05) is 288 Å². The summed E-state index contributed by atoms with van der Waals surface area (Å²) in [4.78, 5) is 26.6. The lowest BCUT2D eigenvalue weighted by molar-refractivity contribution is -0.305. The van der Waals surface area contributed by atoms with Gasteiger partial charge in [-0.3, -0.25) is 9.59 Å². The molecule has 81 heavy (non-hydrogen) atoms. The molecule has 1 rings (SSSR count). The first kappa shape index (κ1) is 76.6. The predicted octanol–water partition coefficient (Wildman–Crippen LogP) is 17.2. The Morgan fingerprint density at radius 3 is 1.30 bits per heavy atom. The van der Waals surface area contributed by atoms with Crippen LogP contribution >= 0.6 is 0 Å². The average Bonchev–Trinajstić information content (AvgIpc) is 3.50. The van der Waals surface area contributed by atoms with Crippen LogP contribution in [0.3, 0.4) is 0 Å². The predicted molar refractivity (Wildman–Crippen MR) is 338 cm³/mol. The number of carbonyl (C=O) groups is 2. The molecule has 8 atom stereocenters. The first-order chi connectivity index (χ1) is 39.7. The minimum absolute atomic E-state index is 0.125. The highest BCUT2D eigenvalue weighted by molar-refractivity contribution is 5.80. The number of hydrogen-bond acceptors (Lipinski definition) is 10. The summed E-state index contributed by atoms with van der Waals surface area (Å²) < 4.78 is 17.7. The van der Waals surface area contributed by atoms with Gasteiger partial charge in [0, 0.05) is 6.42 Å². The molecule has 0 radical (unpaired) electrons. The lowest BCUT2D eigenvalue weighted by Gasteiger charge is -2.41. The van der Waals surface area contributed by atoms with Gasteiger partial charge in [-0.05, 0) is 77.0 Å². The van der Waals surface area contributed by atoms with E-state index in [0.717, 1.165) is 77.0 Å². The molecule has 6 N–H and O–H groups in total. The van der Waals surface area contributed by atoms with Crippen LogP contribution in [0, 0.1) is 0 Å². The van der Waals surface area contributed by atoms with Crippen molar-refractivity contribution in [1.29, 1.82) is 0 Å². The van der Waals surface area contributed by atoms with E-state index in [9.17, 15) is 35.1 Å². The van der Waals surface area contributed by atoms with E-state index in [2.05, 4.69) is 62.5 Å². The van der Waals surface area contributed by atoms with Crippen molar-refractivity contribution in [2.75, 3.05) is 13.2 Å². The van der Waals surface area contributed by atoms with Crippen LogP contribution in [0.15, 0.2) is 48.6 Å². The van der Waals surface area contributed by atoms with Crippen LogP contribution in [-0.4, -0.2) is 99.6 Å². The first-order valence-electron chi connectivity index (χ1n) is 34.4. The molecule has 1 heterocycles. The molecule has 0 aromatic heterocycles. The quantitative estimate of drug-likeness (QED) is 0.0149. The van der Waals surface area contributed by atoms with Gasteiger partial charge in [0.2, 0.25) is 5.91 Å². The van der Waals surface area contributed by atoms with Crippen LogP contribution in [0.5, 0.6) is 0 Å². The van der Waals surface area contributed by atoms with Crippen molar-refractivity contribution in [3.05, 3.63) is 48.6 Å². The molecule has 0 aromatic rings. The maximum absolute atomic E-state index is 13.4. The summed E-state index contributed by atoms with van der Waals surface area (Å²) in [6.07, 6.45) is 61.7. The van der Waals surface area contributed by atoms with Crippen molar-refractivity contribution in [3.8, 4) is 0 Å². The van der Waals surface area contributed by atoms with E-state index in [0.29, 0.717) is 12.8 Å². The summed E-state index contributed by atoms with van der Waals surface area (Å²) >= 11 is 0. The number of hydrogen-bond donors (Lipinski definition) is 6. The topological polar surface area (TPSA) is 175 Å². The fourth-order valence-corrected chi connectivity index (χ4v) is 10.8. The Labute approximate surface area is 497 Å². The van der Waals surface area contributed by atoms with Crippen molar-refractivity contribution in [2.24, 2.45) is 0 Å². The molecule has 474 valence electrons. The second-order valence-corrected chi connectivity index (χ2v) is 23.9. The van der Waals surface area contributed by atoms with Gasteiger partial charge >= 0.3 is 5.97 Å². The summed E-state index contributed by atoms with van der Waals surface area (Å²) in [6, 6.07) is -1.03. The van der Waals surface area contributed by atoms with E-state index in [4.69, 9.17) is 14.2 Å². The van der Waals surface area contributed by atoms with Crippen molar-refractivity contribution in [1.82, 2.24) is 5.32 Å². The van der Waals surface area contributed by atoms with Crippen LogP contribution in [0.2, 0.25) is 0 Å². The van der Waals surface area contributed by atoms with E-state index in [-0.39, 0.29) is 19.4 Å². The number of carbonyl (C=O) groups excluding carboxylic acids is 2. The minimum atomic E-state index is -1.61. The Hall–Kier alpha value is -2.38. The minimum Gasteiger partial charge on any atom is -0.454 e. The molecule has 1 amide bonds. The highest BCUT2D eigenvalue weighted by atomic mass is 16.7. The third-order valence-electron chi connectivity index (χ3n) is 16.2. The Bertz CT molecular complexity index is 1500. The standard InChI is InChI=1S/C70H129NO10/c1-4-7-10-13-16-19-22-24-26-27-28-29-30-31-32-33-34-35-36-37-38-40-43-46-49-52-55-58-65(75)81-68-67(77)66(76)64(59-72)80-70(68)79-60-61(62(73)56-53-50-47-44-41-21-18-15-12-9-6-3)71-69(78)63(74)57-54-51-48-45-42-39-25-23-20-17-14-11-8-5-2/h17,20,23-26,53,56,61-64,66-68,70,72-74,76-77H,4-16,18-19,21-22,27-52,54-55,57-60H2,1-3H3,(H,71,78)/b20-17+,25-23+,26-24+,56-53+. The number of esters is 1. The van der Waals surface area contributed by atoms with Gasteiger partial charge in [0.25, 0.3) is 0 Å². The van der Waals surface area contributed by atoms with Gasteiger partial charge in [-0.25, -0.2) is 0 Å². The van der Waals surface area contributed by atoms with E-state index >= 15 is 0 Å². The molecule has 0 saturated carbocycles. The highest BCUT2D eigenvalue weighted by Gasteiger charge is 2.47. The van der Waals surface area contributed by atoms with Crippen LogP contribution in [0.4, 0.5) is 0 Å². The summed E-state index contributed by atoms with van der Waals surface area (Å²) in [5.74, 6) is -1.20. The molecular formula is C70H129NO10. The largest absolute Gasteiger partial charge is 0.454 e. The summed E-state index contributed by atoms with van der Waals surface area (Å²) in [6.45, 7) is 5.77. The van der Waals surface area contributed by atoms with Gasteiger partial charge in [-0.2, -0.15) is 0 Å². The zero-order valence-electron chi connectivity index (χ0n) is 52.7. The van der Waals surface area contributed by atoms with Crippen LogP contribution < -0.4 is 5.32 Å². The summed E-state index contributed by atoms with van der Waals surface area (Å²) in [5, 5.41) is 57.0. The molecule has 1 saturated heterocycles. The van der Waals surface area contributed by atoms with Crippen LogP contribution in [0.25, 0.3) is 0 Å². The first-order valence-corrected chi connectivity index (χ1v) is 34.4. The third-order valence-corrected chi connectivity index (χ3v) is 16.2. The van der Waals surface area contributed by atoms with Gasteiger partial charge in [-0.15, -0.1) is 0 Å². The molecular weight excluding hydrogens is 1010 g/mol. The Morgan fingerprint density at radius 1 is 0.481 bits per heavy atom. The SMILES string of the molecule is CCCCC/C=C/C=C/CCCCCCCC(O)C(=O)NC(COC1OC(CO)C(O)C(O)C1OC(=O)CCCCCCCCCCCCCCCCCCC/C=C/CCCCCCCC)C(O)/C=C/CCCCCCCCCCC. The number of unbranched alkanes of at least 4 members (excludes halogenated alkanes) is 40. The van der Waals surface area contributed by atoms with Crippen molar-refractivity contribution in [3.63, 3.8) is 0 Å². The highest BCUT2D eigenvalue weighted by Crippen LogP contribution is 2.26. The number of nitrogens with one attached hydrogen (secondary N) is 1. The second kappa shape index (κ2) is 58.0. The number of rotatable bonds is 59. The number of allylic oxidation sites excluding steroid dienone is 7. The van der Waals surface area contributed by atoms with Gasteiger partial charge < -0.3 is 45.1 Å². The molecule has 0 spiro atoms.